The van der Waals surface area contributed by atoms with Crippen molar-refractivity contribution in [3.63, 3.8) is 0 Å². The molecule has 1 amide bonds. The van der Waals surface area contributed by atoms with Crippen LogP contribution in [0.3, 0.4) is 0 Å². The fourth-order valence-electron chi connectivity index (χ4n) is 1.72. The summed E-state index contributed by atoms with van der Waals surface area (Å²) in [6, 6.07) is 5.59. The van der Waals surface area contributed by atoms with Gasteiger partial charge in [0, 0.05) is 23.5 Å². The van der Waals surface area contributed by atoms with Crippen LogP contribution in [0.1, 0.15) is 38.2 Å². The molecule has 0 heterocycles. The number of hydrogen-bond donors (Lipinski definition) is 2. The number of carbonyl (C=O) groups excluding carboxylic acids is 1. The van der Waals surface area contributed by atoms with Gasteiger partial charge in [0.2, 0.25) is 5.91 Å². The topological polar surface area (TPSA) is 55.1 Å². The summed E-state index contributed by atoms with van der Waals surface area (Å²) in [5, 5.41) is 2.92. The minimum atomic E-state index is 0.0664. The van der Waals surface area contributed by atoms with Gasteiger partial charge in [-0.15, -0.1) is 0 Å². The van der Waals surface area contributed by atoms with Crippen molar-refractivity contribution in [2.45, 2.75) is 39.5 Å². The van der Waals surface area contributed by atoms with Gasteiger partial charge in [-0.2, -0.15) is 11.8 Å². The molecule has 0 bridgehead atoms. The van der Waals surface area contributed by atoms with E-state index >= 15 is 0 Å². The second-order valence-electron chi connectivity index (χ2n) is 4.64. The Bertz CT molecular complexity index is 407. The number of thioether (sulfide) groups is 1. The summed E-state index contributed by atoms with van der Waals surface area (Å²) in [7, 11) is 0. The molecule has 0 spiro atoms. The molecule has 0 atom stereocenters. The maximum atomic E-state index is 11.8. The lowest BCUT2D eigenvalue weighted by molar-refractivity contribution is -0.115. The Balaban J connectivity index is 2.26. The van der Waals surface area contributed by atoms with Gasteiger partial charge in [-0.1, -0.05) is 25.8 Å². The second kappa shape index (κ2) is 8.86. The van der Waals surface area contributed by atoms with E-state index in [4.69, 9.17) is 5.73 Å². The van der Waals surface area contributed by atoms with Crippen molar-refractivity contribution >= 4 is 29.0 Å². The molecule has 0 fully saturated rings. The first-order chi connectivity index (χ1) is 9.15. The molecule has 1 rings (SSSR count). The first-order valence-electron chi connectivity index (χ1n) is 6.87. The molecule has 0 radical (unpaired) electrons. The Morgan fingerprint density at radius 2 is 2.11 bits per heavy atom. The van der Waals surface area contributed by atoms with Crippen molar-refractivity contribution in [3.8, 4) is 0 Å². The van der Waals surface area contributed by atoms with Crippen LogP contribution >= 0.6 is 11.8 Å². The smallest absolute Gasteiger partial charge is 0.225 e. The Kier molecular flexibility index (Phi) is 7.41. The third-order valence-electron chi connectivity index (χ3n) is 3.02. The largest absolute Gasteiger partial charge is 0.398 e. The van der Waals surface area contributed by atoms with E-state index in [0.29, 0.717) is 12.1 Å². The summed E-state index contributed by atoms with van der Waals surface area (Å²) in [6.45, 7) is 4.12. The second-order valence-corrected chi connectivity index (χ2v) is 5.86. The molecule has 1 aromatic carbocycles. The highest BCUT2D eigenvalue weighted by Crippen LogP contribution is 2.20. The van der Waals surface area contributed by atoms with E-state index in [1.54, 1.807) is 0 Å². The highest BCUT2D eigenvalue weighted by molar-refractivity contribution is 7.99. The van der Waals surface area contributed by atoms with E-state index in [0.717, 1.165) is 22.8 Å². The molecule has 0 aliphatic heterocycles. The highest BCUT2D eigenvalue weighted by atomic mass is 32.2. The van der Waals surface area contributed by atoms with Crippen molar-refractivity contribution < 1.29 is 4.79 Å². The number of rotatable bonds is 8. The molecule has 0 saturated heterocycles. The zero-order chi connectivity index (χ0) is 14.1. The zero-order valence-corrected chi connectivity index (χ0v) is 12.7. The predicted molar refractivity (Wildman–Crippen MR) is 85.7 cm³/mol. The summed E-state index contributed by atoms with van der Waals surface area (Å²) < 4.78 is 0. The molecule has 3 N–H and O–H groups in total. The Morgan fingerprint density at radius 3 is 2.84 bits per heavy atom. The van der Waals surface area contributed by atoms with E-state index in [-0.39, 0.29) is 5.91 Å². The zero-order valence-electron chi connectivity index (χ0n) is 11.9. The van der Waals surface area contributed by atoms with Gasteiger partial charge < -0.3 is 11.1 Å². The molecule has 0 aliphatic rings. The first-order valence-corrected chi connectivity index (χ1v) is 8.03. The molecule has 1 aromatic rings. The van der Waals surface area contributed by atoms with Crippen molar-refractivity contribution in [1.29, 1.82) is 0 Å². The van der Waals surface area contributed by atoms with Crippen molar-refractivity contribution in [2.24, 2.45) is 0 Å². The average Bonchev–Trinajstić information content (AvgIpc) is 2.39. The molecule has 3 nitrogen and oxygen atoms in total. The molecule has 106 valence electrons. The Hall–Kier alpha value is -1.16. The molecule has 0 unspecified atom stereocenters. The number of hydrogen-bond acceptors (Lipinski definition) is 3. The normalized spacial score (nSPS) is 10.4. The monoisotopic (exact) mass is 280 g/mol. The number of carbonyl (C=O) groups is 1. The van der Waals surface area contributed by atoms with Crippen molar-refractivity contribution in [3.05, 3.63) is 23.8 Å². The van der Waals surface area contributed by atoms with E-state index in [1.165, 1.54) is 19.3 Å². The summed E-state index contributed by atoms with van der Waals surface area (Å²) >= 11 is 1.85. The van der Waals surface area contributed by atoms with E-state index in [1.807, 2.05) is 36.9 Å². The minimum absolute atomic E-state index is 0.0664. The maximum absolute atomic E-state index is 11.8. The van der Waals surface area contributed by atoms with Gasteiger partial charge in [-0.25, -0.2) is 0 Å². The summed E-state index contributed by atoms with van der Waals surface area (Å²) in [4.78, 5) is 11.8. The number of nitrogen functional groups attached to an aromatic ring is 1. The quantitative estimate of drug-likeness (QED) is 0.562. The van der Waals surface area contributed by atoms with Crippen LogP contribution in [-0.2, 0) is 4.79 Å². The number of benzene rings is 1. The third kappa shape index (κ3) is 6.01. The number of nitrogens with one attached hydrogen (secondary N) is 1. The van der Waals surface area contributed by atoms with Gasteiger partial charge >= 0.3 is 0 Å². The van der Waals surface area contributed by atoms with Crippen LogP contribution in [0, 0.1) is 6.92 Å². The molecular weight excluding hydrogens is 256 g/mol. The van der Waals surface area contributed by atoms with Gasteiger partial charge in [-0.05, 0) is 36.8 Å². The number of nitrogens with two attached hydrogens (primary N) is 1. The summed E-state index contributed by atoms with van der Waals surface area (Å²) in [5.74, 6) is 2.10. The molecule has 0 aromatic heterocycles. The van der Waals surface area contributed by atoms with Gasteiger partial charge in [-0.3, -0.25) is 4.79 Å². The molecule has 19 heavy (non-hydrogen) atoms. The lowest BCUT2D eigenvalue weighted by Crippen LogP contribution is -2.13. The van der Waals surface area contributed by atoms with Crippen LogP contribution < -0.4 is 11.1 Å². The van der Waals surface area contributed by atoms with Crippen LogP contribution in [0.25, 0.3) is 0 Å². The molecule has 4 heteroatoms. The van der Waals surface area contributed by atoms with Crippen molar-refractivity contribution in [1.82, 2.24) is 0 Å². The summed E-state index contributed by atoms with van der Waals surface area (Å²) in [5.41, 5.74) is 8.28. The van der Waals surface area contributed by atoms with Gasteiger partial charge in [0.15, 0.2) is 0 Å². The maximum Gasteiger partial charge on any atom is 0.225 e. The number of unbranched alkanes of at least 4 members (excludes halogenated alkanes) is 2. The minimum Gasteiger partial charge on any atom is -0.398 e. The molecule has 0 aliphatic carbocycles. The SMILES string of the molecule is CCCCCSCCC(=O)Nc1cccc(N)c1C. The fraction of sp³-hybridized carbons (Fsp3) is 0.533. The van der Waals surface area contributed by atoms with Crippen LogP contribution in [-0.4, -0.2) is 17.4 Å². The third-order valence-corrected chi connectivity index (χ3v) is 4.09. The lowest BCUT2D eigenvalue weighted by Gasteiger charge is -2.10. The van der Waals surface area contributed by atoms with E-state index in [2.05, 4.69) is 12.2 Å². The van der Waals surface area contributed by atoms with E-state index in [9.17, 15) is 4.79 Å². The summed E-state index contributed by atoms with van der Waals surface area (Å²) in [6.07, 6.45) is 4.33. The Morgan fingerprint density at radius 1 is 1.32 bits per heavy atom. The van der Waals surface area contributed by atoms with Gasteiger partial charge in [0.1, 0.15) is 0 Å². The number of anilines is 2. The standard InChI is InChI=1S/C15H24N2OS/c1-3-4-5-10-19-11-9-15(18)17-14-8-6-7-13(16)12(14)2/h6-8H,3-5,9-11,16H2,1-2H3,(H,17,18). The Labute approximate surface area is 120 Å². The lowest BCUT2D eigenvalue weighted by atomic mass is 10.1. The first kappa shape index (κ1) is 15.9. The molecule has 0 saturated carbocycles. The highest BCUT2D eigenvalue weighted by Gasteiger charge is 2.06. The van der Waals surface area contributed by atoms with Crippen LogP contribution in [0.4, 0.5) is 11.4 Å². The van der Waals surface area contributed by atoms with Gasteiger partial charge in [0.25, 0.3) is 0 Å². The van der Waals surface area contributed by atoms with Crippen LogP contribution in [0.15, 0.2) is 18.2 Å². The van der Waals surface area contributed by atoms with Gasteiger partial charge in [0.05, 0.1) is 0 Å². The van der Waals surface area contributed by atoms with Crippen molar-refractivity contribution in [2.75, 3.05) is 22.6 Å². The van der Waals surface area contributed by atoms with E-state index < -0.39 is 0 Å². The predicted octanol–water partition coefficient (Wildman–Crippen LogP) is 3.83. The fourth-order valence-corrected chi connectivity index (χ4v) is 2.66. The molecular formula is C15H24N2OS. The number of amides is 1. The van der Waals surface area contributed by atoms with Crippen LogP contribution in [0.2, 0.25) is 0 Å². The van der Waals surface area contributed by atoms with Crippen LogP contribution in [0.5, 0.6) is 0 Å². The average molecular weight is 280 g/mol.